The van der Waals surface area contributed by atoms with Crippen LogP contribution in [-0.2, 0) is 55.8 Å². The number of aliphatic hydroxyl groups is 2. The second-order valence-electron chi connectivity index (χ2n) is 25.0. The van der Waals surface area contributed by atoms with Gasteiger partial charge in [0.2, 0.25) is 0 Å². The average molecular weight is 1430 g/mol. The number of unbranched alkanes of at least 4 members (excludes halogenated alkanes) is 24. The van der Waals surface area contributed by atoms with Gasteiger partial charge in [0.25, 0.3) is 0 Å². The first kappa shape index (κ1) is 94.4. The van der Waals surface area contributed by atoms with Crippen molar-refractivity contribution in [1.29, 1.82) is 0 Å². The molecule has 0 saturated heterocycles. The fourth-order valence-corrected chi connectivity index (χ4v) is 11.4. The molecule has 0 aromatic carbocycles. The highest BCUT2D eigenvalue weighted by atomic mass is 31.2. The van der Waals surface area contributed by atoms with Gasteiger partial charge in [-0.2, -0.15) is 0 Å². The minimum Gasteiger partial charge on any atom is -0.463 e. The second-order valence-corrected chi connectivity index (χ2v) is 27.9. The standard InChI is InChI=1S/C81H136O16P2/c1-4-7-10-13-16-19-22-25-28-30-32-33-34-35-36-37-38-39-40-41-43-45-47-49-52-55-58-61-64-67-79(84)91-70-76(82)71-93-98(87,88)94-72-77(83)73-95-99(89,90)96-75-78(97-81(86)69-66-63-60-57-54-51-46-27-24-21-18-15-12-9-6-3)74-92-80(85)68-65-62-59-56-53-50-48-44-42-31-29-26-23-20-17-14-11-8-5-2/h7-8,10-11,16-17,19-20,25-29,32-33,35-36,42,44,46,50,53,59,62,76-78,82-83H,4-6,9,12-15,18,21-24,30-31,34,37-41,43,45,47-49,51-52,54-58,60-61,63-75H2,1-3H3,(H,87,88)(H,89,90)/b10-7-,11-8-,19-16-,20-17-,28-25-,29-26-,33-32-,36-35-,44-42-,46-27-,53-50-,62-59-. The maximum atomic E-state index is 12.9. The largest absolute Gasteiger partial charge is 0.472 e. The van der Waals surface area contributed by atoms with E-state index in [-0.39, 0.29) is 19.3 Å². The molecule has 0 aliphatic carbocycles. The van der Waals surface area contributed by atoms with Gasteiger partial charge >= 0.3 is 33.6 Å². The van der Waals surface area contributed by atoms with Gasteiger partial charge in [-0.25, -0.2) is 9.13 Å². The van der Waals surface area contributed by atoms with Crippen LogP contribution in [0.15, 0.2) is 146 Å². The number of phosphoric acid groups is 2. The lowest BCUT2D eigenvalue weighted by molar-refractivity contribution is -0.161. The Bertz CT molecular complexity index is 2380. The highest BCUT2D eigenvalue weighted by Gasteiger charge is 2.29. The third-order valence-electron chi connectivity index (χ3n) is 15.5. The molecule has 0 bridgehead atoms. The van der Waals surface area contributed by atoms with Crippen molar-refractivity contribution in [2.24, 2.45) is 0 Å². The summed E-state index contributed by atoms with van der Waals surface area (Å²) in [5, 5.41) is 20.6. The minimum atomic E-state index is -4.95. The molecule has 0 amide bonds. The molecule has 18 heteroatoms. The summed E-state index contributed by atoms with van der Waals surface area (Å²) < 4.78 is 61.0. The summed E-state index contributed by atoms with van der Waals surface area (Å²) >= 11 is 0. The third kappa shape index (κ3) is 74.4. The maximum Gasteiger partial charge on any atom is 0.472 e. The predicted octanol–water partition coefficient (Wildman–Crippen LogP) is 22.1. The van der Waals surface area contributed by atoms with Gasteiger partial charge in [0, 0.05) is 19.3 Å². The molecular weight excluding hydrogens is 1290 g/mol. The van der Waals surface area contributed by atoms with Crippen LogP contribution in [0.5, 0.6) is 0 Å². The van der Waals surface area contributed by atoms with E-state index < -0.39 is 91.5 Å². The molecule has 0 saturated carbocycles. The first-order valence-corrected chi connectivity index (χ1v) is 41.1. The molecule has 0 aliphatic rings. The number of allylic oxidation sites excluding steroid dienone is 24. The Hall–Kier alpha value is -4.57. The summed E-state index contributed by atoms with van der Waals surface area (Å²) in [4.78, 5) is 58.5. The van der Waals surface area contributed by atoms with Gasteiger partial charge in [0.1, 0.15) is 25.4 Å². The smallest absolute Gasteiger partial charge is 0.463 e. The van der Waals surface area contributed by atoms with Crippen LogP contribution < -0.4 is 0 Å². The zero-order chi connectivity index (χ0) is 72.3. The van der Waals surface area contributed by atoms with Gasteiger partial charge in [-0.05, 0) is 128 Å². The number of hydrogen-bond acceptors (Lipinski definition) is 14. The van der Waals surface area contributed by atoms with Crippen LogP contribution in [0.3, 0.4) is 0 Å². The van der Waals surface area contributed by atoms with Crippen molar-refractivity contribution in [3.05, 3.63) is 146 Å². The van der Waals surface area contributed by atoms with Crippen molar-refractivity contribution >= 4 is 33.6 Å². The molecule has 99 heavy (non-hydrogen) atoms. The zero-order valence-corrected chi connectivity index (χ0v) is 63.4. The summed E-state index contributed by atoms with van der Waals surface area (Å²) in [7, 11) is -9.81. The molecule has 0 spiro atoms. The van der Waals surface area contributed by atoms with E-state index in [1.54, 1.807) is 0 Å². The van der Waals surface area contributed by atoms with E-state index in [1.165, 1.54) is 96.3 Å². The zero-order valence-electron chi connectivity index (χ0n) is 61.6. The Morgan fingerprint density at radius 3 is 0.919 bits per heavy atom. The lowest BCUT2D eigenvalue weighted by Crippen LogP contribution is -2.30. The minimum absolute atomic E-state index is 0.0406. The van der Waals surface area contributed by atoms with Gasteiger partial charge in [-0.15, -0.1) is 0 Å². The number of carbonyl (C=O) groups excluding carboxylic acids is 3. The molecule has 5 unspecified atom stereocenters. The van der Waals surface area contributed by atoms with Crippen molar-refractivity contribution < 1.29 is 75.8 Å². The number of phosphoric ester groups is 2. The van der Waals surface area contributed by atoms with Gasteiger partial charge < -0.3 is 34.2 Å². The first-order valence-electron chi connectivity index (χ1n) is 38.1. The number of aliphatic hydroxyl groups excluding tert-OH is 2. The number of hydrogen-bond donors (Lipinski definition) is 4. The lowest BCUT2D eigenvalue weighted by atomic mass is 10.0. The van der Waals surface area contributed by atoms with Gasteiger partial charge in [0.05, 0.1) is 26.4 Å². The van der Waals surface area contributed by atoms with Crippen molar-refractivity contribution in [2.75, 3.05) is 39.6 Å². The summed E-state index contributed by atoms with van der Waals surface area (Å²) in [5.41, 5.74) is 0. The quantitative estimate of drug-likeness (QED) is 0.0146. The Labute approximate surface area is 600 Å². The average Bonchev–Trinajstić information content (AvgIpc) is 1.92. The molecular formula is C81H136O16P2. The van der Waals surface area contributed by atoms with Crippen LogP contribution >= 0.6 is 15.6 Å². The van der Waals surface area contributed by atoms with E-state index in [2.05, 4.69) is 148 Å². The number of esters is 3. The summed E-state index contributed by atoms with van der Waals surface area (Å²) in [6.07, 6.45) is 89.2. The van der Waals surface area contributed by atoms with Gasteiger partial charge in [-0.1, -0.05) is 289 Å². The normalized spacial score (nSPS) is 14.9. The number of ether oxygens (including phenoxy) is 3. The van der Waals surface area contributed by atoms with Gasteiger partial charge in [0.15, 0.2) is 6.10 Å². The molecule has 566 valence electrons. The first-order chi connectivity index (χ1) is 48.2. The molecule has 0 fully saturated rings. The molecule has 0 radical (unpaired) electrons. The molecule has 4 N–H and O–H groups in total. The van der Waals surface area contributed by atoms with E-state index in [9.17, 15) is 43.5 Å². The van der Waals surface area contributed by atoms with E-state index in [0.29, 0.717) is 25.7 Å². The second kappa shape index (κ2) is 73.2. The van der Waals surface area contributed by atoms with Crippen molar-refractivity contribution in [3.8, 4) is 0 Å². The molecule has 0 aromatic rings. The van der Waals surface area contributed by atoms with Crippen LogP contribution in [0.1, 0.15) is 290 Å². The Kier molecular flexibility index (Phi) is 69.8. The summed E-state index contributed by atoms with van der Waals surface area (Å²) in [5.74, 6) is -1.69. The predicted molar refractivity (Wildman–Crippen MR) is 408 cm³/mol. The molecule has 5 atom stereocenters. The highest BCUT2D eigenvalue weighted by molar-refractivity contribution is 7.47. The number of rotatable bonds is 71. The van der Waals surface area contributed by atoms with Crippen LogP contribution in [-0.4, -0.2) is 95.9 Å². The Morgan fingerprint density at radius 2 is 0.556 bits per heavy atom. The number of carbonyl (C=O) groups is 3. The topological polar surface area (TPSA) is 231 Å². The fraction of sp³-hybridized carbons (Fsp3) is 0.667. The van der Waals surface area contributed by atoms with Crippen molar-refractivity contribution in [3.63, 3.8) is 0 Å². The van der Waals surface area contributed by atoms with E-state index in [4.69, 9.17) is 32.3 Å². The van der Waals surface area contributed by atoms with Crippen molar-refractivity contribution in [1.82, 2.24) is 0 Å². The fourth-order valence-electron chi connectivity index (χ4n) is 9.79. The van der Waals surface area contributed by atoms with Crippen LogP contribution in [0.2, 0.25) is 0 Å². The molecule has 0 aromatic heterocycles. The molecule has 0 aliphatic heterocycles. The molecule has 16 nitrogen and oxygen atoms in total. The van der Waals surface area contributed by atoms with E-state index >= 15 is 0 Å². The van der Waals surface area contributed by atoms with Gasteiger partial charge in [-0.3, -0.25) is 32.5 Å². The van der Waals surface area contributed by atoms with Crippen molar-refractivity contribution in [2.45, 2.75) is 309 Å². The maximum absolute atomic E-state index is 12.9. The third-order valence-corrected chi connectivity index (χ3v) is 17.4. The molecule has 0 heterocycles. The lowest BCUT2D eigenvalue weighted by Gasteiger charge is -2.21. The van der Waals surface area contributed by atoms with E-state index in [0.717, 1.165) is 128 Å². The molecule has 0 rings (SSSR count). The summed E-state index contributed by atoms with van der Waals surface area (Å²) in [6, 6.07) is 0. The van der Waals surface area contributed by atoms with Crippen LogP contribution in [0.25, 0.3) is 0 Å². The highest BCUT2D eigenvalue weighted by Crippen LogP contribution is 2.45. The SMILES string of the molecule is CC/C=C\C/C=C\C/C=C\C/C=C\C/C=C\C/C=C\CCC(=O)OCC(COP(=O)(O)OCC(O)COP(=O)(O)OCC(O)COC(=O)CCCCCCCCCCCCCCC/C=C\C/C=C\C/C=C\C/C=C\C/C=C\CC)OC(=O)CCCCCCC/C=C\CCCCCCCC. The monoisotopic (exact) mass is 1430 g/mol. The summed E-state index contributed by atoms with van der Waals surface area (Å²) in [6.45, 7) is 2.34. The van der Waals surface area contributed by atoms with Crippen LogP contribution in [0, 0.1) is 0 Å². The Morgan fingerprint density at radius 1 is 0.293 bits per heavy atom. The van der Waals surface area contributed by atoms with Crippen LogP contribution in [0.4, 0.5) is 0 Å². The van der Waals surface area contributed by atoms with E-state index in [1.807, 2.05) is 18.2 Å². The Balaban J connectivity index is 4.58.